The van der Waals surface area contributed by atoms with Gasteiger partial charge < -0.3 is 18.9 Å². The second kappa shape index (κ2) is 6.72. The summed E-state index contributed by atoms with van der Waals surface area (Å²) in [6, 6.07) is 12.7. The molecular weight excluding hydrogens is 324 g/mol. The van der Waals surface area contributed by atoms with Gasteiger partial charge in [-0.3, -0.25) is 4.79 Å². The van der Waals surface area contributed by atoms with Crippen molar-refractivity contribution in [3.05, 3.63) is 48.0 Å². The van der Waals surface area contributed by atoms with Gasteiger partial charge >= 0.3 is 0 Å². The first-order valence-electron chi connectivity index (χ1n) is 7.91. The predicted octanol–water partition coefficient (Wildman–Crippen LogP) is 1.75. The first-order valence-corrected chi connectivity index (χ1v) is 7.91. The molecule has 0 fully saturated rings. The molecule has 2 aliphatic heterocycles. The van der Waals surface area contributed by atoms with Gasteiger partial charge in [-0.25, -0.2) is 5.43 Å². The summed E-state index contributed by atoms with van der Waals surface area (Å²) in [6.45, 7) is 1.20. The number of carbonyl (C=O) groups is 1. The zero-order chi connectivity index (χ0) is 17.1. The maximum absolute atomic E-state index is 12.2. The van der Waals surface area contributed by atoms with Crippen LogP contribution in [0.25, 0.3) is 0 Å². The Morgan fingerprint density at radius 3 is 2.64 bits per heavy atom. The van der Waals surface area contributed by atoms with Crippen molar-refractivity contribution >= 4 is 12.1 Å². The second-order valence-corrected chi connectivity index (χ2v) is 5.50. The van der Waals surface area contributed by atoms with Crippen LogP contribution in [0.5, 0.6) is 23.0 Å². The minimum absolute atomic E-state index is 0.141. The summed E-state index contributed by atoms with van der Waals surface area (Å²) in [6.07, 6.45) is 0.792. The first kappa shape index (κ1) is 15.3. The summed E-state index contributed by atoms with van der Waals surface area (Å²) >= 11 is 0. The average molecular weight is 340 g/mol. The quantitative estimate of drug-likeness (QED) is 0.680. The van der Waals surface area contributed by atoms with Gasteiger partial charge in [0.05, 0.1) is 6.21 Å². The van der Waals surface area contributed by atoms with Gasteiger partial charge in [0.15, 0.2) is 23.0 Å². The summed E-state index contributed by atoms with van der Waals surface area (Å²) in [5.41, 5.74) is 3.25. The van der Waals surface area contributed by atoms with Crippen molar-refractivity contribution in [1.29, 1.82) is 0 Å². The Balaban J connectivity index is 1.37. The van der Waals surface area contributed by atoms with Gasteiger partial charge in [-0.15, -0.1) is 0 Å². The molecule has 0 saturated carbocycles. The molecule has 2 aromatic carbocycles. The van der Waals surface area contributed by atoms with Crippen molar-refractivity contribution in [3.8, 4) is 23.0 Å². The van der Waals surface area contributed by atoms with E-state index in [2.05, 4.69) is 10.5 Å². The Bertz CT molecular complexity index is 821. The number of nitrogens with one attached hydrogen (secondary N) is 1. The number of hydrogen-bond acceptors (Lipinski definition) is 6. The average Bonchev–Trinajstić information content (AvgIpc) is 2.67. The topological polar surface area (TPSA) is 78.4 Å². The van der Waals surface area contributed by atoms with E-state index in [1.54, 1.807) is 18.2 Å². The lowest BCUT2D eigenvalue weighted by atomic mass is 10.2. The Labute approximate surface area is 144 Å². The van der Waals surface area contributed by atoms with Crippen molar-refractivity contribution in [3.63, 3.8) is 0 Å². The molecule has 4 rings (SSSR count). The number of rotatable bonds is 3. The van der Waals surface area contributed by atoms with Gasteiger partial charge in [-0.05, 0) is 35.9 Å². The van der Waals surface area contributed by atoms with Crippen LogP contribution in [0.4, 0.5) is 0 Å². The molecule has 2 heterocycles. The number of ether oxygens (including phenoxy) is 4. The first-order chi connectivity index (χ1) is 12.3. The molecule has 0 saturated heterocycles. The molecule has 7 nitrogen and oxygen atoms in total. The Hall–Kier alpha value is -3.22. The van der Waals surface area contributed by atoms with Crippen molar-refractivity contribution in [1.82, 2.24) is 5.43 Å². The molecule has 0 radical (unpaired) electrons. The monoisotopic (exact) mass is 340 g/mol. The smallest absolute Gasteiger partial charge is 0.284 e. The fourth-order valence-electron chi connectivity index (χ4n) is 2.53. The number of hydrogen-bond donors (Lipinski definition) is 1. The van der Waals surface area contributed by atoms with Crippen LogP contribution in [-0.2, 0) is 4.79 Å². The molecule has 1 amide bonds. The SMILES string of the molecule is O=C(NN=Cc1ccc2c(c1)OCCO2)C1COc2ccccc2O1. The maximum Gasteiger partial charge on any atom is 0.284 e. The third-order valence-electron chi connectivity index (χ3n) is 3.76. The maximum atomic E-state index is 12.2. The van der Waals surface area contributed by atoms with E-state index in [1.807, 2.05) is 24.3 Å². The minimum atomic E-state index is -0.743. The van der Waals surface area contributed by atoms with Gasteiger partial charge in [-0.1, -0.05) is 12.1 Å². The molecule has 0 aliphatic carbocycles. The van der Waals surface area contributed by atoms with Crippen molar-refractivity contribution in [2.45, 2.75) is 6.10 Å². The van der Waals surface area contributed by atoms with Gasteiger partial charge in [0.1, 0.15) is 19.8 Å². The number of hydrazone groups is 1. The molecule has 0 spiro atoms. The highest BCUT2D eigenvalue weighted by Crippen LogP contribution is 2.31. The van der Waals surface area contributed by atoms with E-state index < -0.39 is 6.10 Å². The molecule has 25 heavy (non-hydrogen) atoms. The largest absolute Gasteiger partial charge is 0.486 e. The highest BCUT2D eigenvalue weighted by molar-refractivity contribution is 5.85. The molecule has 2 aromatic rings. The third kappa shape index (κ3) is 3.35. The lowest BCUT2D eigenvalue weighted by molar-refractivity contribution is -0.130. The van der Waals surface area contributed by atoms with E-state index in [0.29, 0.717) is 36.2 Å². The lowest BCUT2D eigenvalue weighted by Gasteiger charge is -2.24. The normalized spacial score (nSPS) is 18.0. The minimum Gasteiger partial charge on any atom is -0.486 e. The molecule has 1 atom stereocenters. The van der Waals surface area contributed by atoms with E-state index in [9.17, 15) is 4.79 Å². The van der Waals surface area contributed by atoms with Gasteiger partial charge in [0, 0.05) is 0 Å². The van der Waals surface area contributed by atoms with E-state index in [0.717, 1.165) is 5.56 Å². The Morgan fingerprint density at radius 2 is 1.76 bits per heavy atom. The summed E-state index contributed by atoms with van der Waals surface area (Å²) in [5, 5.41) is 3.97. The zero-order valence-corrected chi connectivity index (χ0v) is 13.3. The number of para-hydroxylation sites is 2. The molecule has 1 N–H and O–H groups in total. The van der Waals surface area contributed by atoms with Crippen LogP contribution >= 0.6 is 0 Å². The number of nitrogens with zero attached hydrogens (tertiary/aromatic N) is 1. The van der Waals surface area contributed by atoms with Gasteiger partial charge in [0.2, 0.25) is 6.10 Å². The van der Waals surface area contributed by atoms with Crippen LogP contribution in [0.3, 0.4) is 0 Å². The second-order valence-electron chi connectivity index (χ2n) is 5.50. The van der Waals surface area contributed by atoms with E-state index in [1.165, 1.54) is 6.21 Å². The van der Waals surface area contributed by atoms with E-state index in [-0.39, 0.29) is 12.5 Å². The molecule has 2 aliphatic rings. The molecular formula is C18H16N2O5. The molecule has 128 valence electrons. The fraction of sp³-hybridized carbons (Fsp3) is 0.222. The fourth-order valence-corrected chi connectivity index (χ4v) is 2.53. The molecule has 7 heteroatoms. The van der Waals surface area contributed by atoms with Crippen LogP contribution in [0.2, 0.25) is 0 Å². The Kier molecular flexibility index (Phi) is 4.12. The highest BCUT2D eigenvalue weighted by Gasteiger charge is 2.27. The van der Waals surface area contributed by atoms with Crippen LogP contribution < -0.4 is 24.4 Å². The summed E-state index contributed by atoms with van der Waals surface area (Å²) in [5.74, 6) is 2.18. The van der Waals surface area contributed by atoms with Gasteiger partial charge in [0.25, 0.3) is 5.91 Å². The van der Waals surface area contributed by atoms with Crippen molar-refractivity contribution in [2.24, 2.45) is 5.10 Å². The van der Waals surface area contributed by atoms with Crippen LogP contribution in [0.15, 0.2) is 47.6 Å². The van der Waals surface area contributed by atoms with Crippen LogP contribution in [0.1, 0.15) is 5.56 Å². The lowest BCUT2D eigenvalue weighted by Crippen LogP contribution is -2.42. The number of benzene rings is 2. The van der Waals surface area contributed by atoms with Crippen molar-refractivity contribution in [2.75, 3.05) is 19.8 Å². The van der Waals surface area contributed by atoms with Crippen LogP contribution in [-0.4, -0.2) is 38.0 Å². The van der Waals surface area contributed by atoms with Gasteiger partial charge in [-0.2, -0.15) is 5.10 Å². The van der Waals surface area contributed by atoms with E-state index >= 15 is 0 Å². The summed E-state index contributed by atoms with van der Waals surface area (Å²) < 4.78 is 22.1. The predicted molar refractivity (Wildman–Crippen MR) is 89.5 cm³/mol. The standard InChI is InChI=1S/C18H16N2O5/c21-18(17-11-24-13-3-1-2-4-15(13)25-17)20-19-10-12-5-6-14-16(9-12)23-8-7-22-14/h1-6,9-10,17H,7-8,11H2,(H,20,21). The Morgan fingerprint density at radius 1 is 1.00 bits per heavy atom. The molecule has 0 aromatic heterocycles. The number of amides is 1. The number of carbonyl (C=O) groups excluding carboxylic acids is 1. The molecule has 0 bridgehead atoms. The summed E-state index contributed by atoms with van der Waals surface area (Å²) in [4.78, 5) is 12.2. The van der Waals surface area contributed by atoms with E-state index in [4.69, 9.17) is 18.9 Å². The van der Waals surface area contributed by atoms with Crippen molar-refractivity contribution < 1.29 is 23.7 Å². The summed E-state index contributed by atoms with van der Waals surface area (Å²) in [7, 11) is 0. The zero-order valence-electron chi connectivity index (χ0n) is 13.3. The van der Waals surface area contributed by atoms with Crippen LogP contribution in [0, 0.1) is 0 Å². The molecule has 1 unspecified atom stereocenters. The number of fused-ring (bicyclic) bond motifs is 2. The third-order valence-corrected chi connectivity index (χ3v) is 3.76. The highest BCUT2D eigenvalue weighted by atomic mass is 16.6.